The minimum atomic E-state index is -0.701. The van der Waals surface area contributed by atoms with Gasteiger partial charge in [0.15, 0.2) is 0 Å². The molecule has 5 nitrogen and oxygen atoms in total. The Morgan fingerprint density at radius 1 is 0.958 bits per heavy atom. The van der Waals surface area contributed by atoms with Crippen molar-refractivity contribution in [3.05, 3.63) is 84.8 Å². The second-order valence-corrected chi connectivity index (χ2v) is 8.12. The molecule has 0 unspecified atom stereocenters. The maximum absolute atomic E-state index is 10.1. The molecule has 0 spiro atoms. The Hall–Kier alpha value is -2.52. The summed E-state index contributed by atoms with van der Waals surface area (Å²) in [4.78, 5) is 10.1. The first kappa shape index (κ1) is 17.8. The minimum absolute atomic E-state index is 0.335. The Bertz CT molecular complexity index is 707. The van der Waals surface area contributed by atoms with E-state index in [0.29, 0.717) is 5.76 Å². The van der Waals surface area contributed by atoms with Crippen LogP contribution in [0.1, 0.15) is 5.76 Å². The molecule has 2 amide bonds. The van der Waals surface area contributed by atoms with Crippen molar-refractivity contribution in [3.63, 3.8) is 0 Å². The van der Waals surface area contributed by atoms with E-state index in [9.17, 15) is 4.79 Å². The van der Waals surface area contributed by atoms with E-state index in [-0.39, 0.29) is 21.6 Å². The fourth-order valence-corrected chi connectivity index (χ4v) is 4.36. The molecule has 3 aromatic rings. The van der Waals surface area contributed by atoms with Crippen molar-refractivity contribution >= 4 is 40.9 Å². The van der Waals surface area contributed by atoms with Gasteiger partial charge in [-0.2, -0.15) is 5.10 Å². The van der Waals surface area contributed by atoms with Gasteiger partial charge in [-0.25, -0.2) is 10.2 Å². The molecule has 3 N–H and O–H groups in total. The molecule has 121 valence electrons. The van der Waals surface area contributed by atoms with Crippen LogP contribution in [0.3, 0.4) is 0 Å². The number of nitrogens with two attached hydrogens (primary N) is 1. The van der Waals surface area contributed by atoms with E-state index in [1.54, 1.807) is 12.1 Å². The van der Waals surface area contributed by atoms with Gasteiger partial charge in [0.1, 0.15) is 5.76 Å². The van der Waals surface area contributed by atoms with E-state index < -0.39 is 6.03 Å². The van der Waals surface area contributed by atoms with Crippen molar-refractivity contribution < 1.29 is 9.21 Å². The molecule has 0 aliphatic carbocycles. The van der Waals surface area contributed by atoms with Crippen LogP contribution in [0.25, 0.3) is 0 Å². The maximum atomic E-state index is 10.1. The summed E-state index contributed by atoms with van der Waals surface area (Å²) < 4.78 is 7.91. The van der Waals surface area contributed by atoms with Crippen molar-refractivity contribution in [2.24, 2.45) is 10.8 Å². The first-order chi connectivity index (χ1) is 11.7. The molecule has 1 heterocycles. The summed E-state index contributed by atoms with van der Waals surface area (Å²) in [5, 5.41) is 3.47. The molecule has 1 aromatic heterocycles. The summed E-state index contributed by atoms with van der Waals surface area (Å²) >= 11 is -0.335. The van der Waals surface area contributed by atoms with E-state index in [4.69, 9.17) is 10.2 Å². The van der Waals surface area contributed by atoms with Crippen LogP contribution in [0.5, 0.6) is 0 Å². The second-order valence-electron chi connectivity index (χ2n) is 4.53. The van der Waals surface area contributed by atoms with Crippen LogP contribution in [0, 0.1) is 0 Å². The van der Waals surface area contributed by atoms with Gasteiger partial charge in [0, 0.05) is 0 Å². The fourth-order valence-electron chi connectivity index (χ4n) is 1.68. The standard InChI is InChI=1S/C6H7N3O2.2C6H5.Sb/c7-6(10)9-8-4-5-2-1-3-11-5;2*1-2-4-6-5-3-1;/h1-4H,(H3,7,9,10);2*1-5H;/b8-4+;;;. The van der Waals surface area contributed by atoms with Crippen molar-refractivity contribution in [2.75, 3.05) is 0 Å². The monoisotopic (exact) mass is 428 g/mol. The quantitative estimate of drug-likeness (QED) is 0.376. The summed E-state index contributed by atoms with van der Waals surface area (Å²) in [6, 6.07) is 24.2. The topological polar surface area (TPSA) is 80.6 Å². The predicted octanol–water partition coefficient (Wildman–Crippen LogP) is 1.62. The number of hydrazone groups is 1. The number of nitrogens with zero attached hydrogens (tertiary/aromatic N) is 1. The van der Waals surface area contributed by atoms with Gasteiger partial charge in [0.2, 0.25) is 0 Å². The van der Waals surface area contributed by atoms with E-state index in [0.717, 1.165) is 0 Å². The van der Waals surface area contributed by atoms with Gasteiger partial charge in [0.05, 0.1) is 12.5 Å². The first-order valence-corrected chi connectivity index (χ1v) is 9.73. The van der Waals surface area contributed by atoms with Gasteiger partial charge in [-0.1, -0.05) is 0 Å². The number of primary amides is 1. The van der Waals surface area contributed by atoms with Crippen LogP contribution in [0.15, 0.2) is 88.6 Å². The van der Waals surface area contributed by atoms with Gasteiger partial charge in [-0.15, -0.1) is 0 Å². The fraction of sp³-hybridized carbons (Fsp3) is 0. The van der Waals surface area contributed by atoms with Crippen LogP contribution in [-0.2, 0) is 0 Å². The molecule has 6 heteroatoms. The molecule has 0 saturated carbocycles. The average molecular weight is 429 g/mol. The van der Waals surface area contributed by atoms with Crippen molar-refractivity contribution in [1.29, 1.82) is 0 Å². The number of rotatable bonds is 4. The van der Waals surface area contributed by atoms with Crippen molar-refractivity contribution in [3.8, 4) is 0 Å². The van der Waals surface area contributed by atoms with Gasteiger partial charge < -0.3 is 10.2 Å². The number of amides is 2. The zero-order valence-electron chi connectivity index (χ0n) is 12.9. The van der Waals surface area contributed by atoms with Gasteiger partial charge in [0.25, 0.3) is 0 Å². The first-order valence-electron chi connectivity index (χ1n) is 7.18. The summed E-state index contributed by atoms with van der Waals surface area (Å²) in [5.74, 6) is 0.554. The van der Waals surface area contributed by atoms with Crippen LogP contribution in [0.4, 0.5) is 4.79 Å². The van der Waals surface area contributed by atoms with Crippen molar-refractivity contribution in [2.45, 2.75) is 0 Å². The van der Waals surface area contributed by atoms with Crippen molar-refractivity contribution in [1.82, 2.24) is 5.43 Å². The normalized spacial score (nSPS) is 10.0. The summed E-state index contributed by atoms with van der Waals surface area (Å²) in [5.41, 5.74) is 6.77. The van der Waals surface area contributed by atoms with Crippen LogP contribution < -0.4 is 18.2 Å². The van der Waals surface area contributed by atoms with Crippen LogP contribution in [0.2, 0.25) is 0 Å². The average Bonchev–Trinajstić information content (AvgIpc) is 3.10. The molecule has 0 aliphatic rings. The molecule has 0 saturated heterocycles. The molecule has 0 aliphatic heterocycles. The third-order valence-electron chi connectivity index (χ3n) is 2.68. The molecule has 0 fully saturated rings. The number of furan rings is 1. The number of hydrogen-bond acceptors (Lipinski definition) is 3. The van der Waals surface area contributed by atoms with Gasteiger partial charge in [-0.3, -0.25) is 0 Å². The Kier molecular flexibility index (Phi) is 7.64. The summed E-state index contributed by atoms with van der Waals surface area (Å²) in [6.45, 7) is 0. The molecule has 3 rings (SSSR count). The van der Waals surface area contributed by atoms with E-state index in [1.807, 2.05) is 5.43 Å². The number of urea groups is 1. The number of carbonyl (C=O) groups is 1. The molecular weight excluding hydrogens is 412 g/mol. The Morgan fingerprint density at radius 3 is 2.00 bits per heavy atom. The number of carbonyl (C=O) groups excluding carboxylic acids is 1. The Labute approximate surface area is 151 Å². The molecule has 2 aromatic carbocycles. The Morgan fingerprint density at radius 2 is 1.54 bits per heavy atom. The van der Waals surface area contributed by atoms with E-state index in [2.05, 4.69) is 65.8 Å². The Balaban J connectivity index is 0.000000177. The summed E-state index contributed by atoms with van der Waals surface area (Å²) in [6.07, 6.45) is 2.86. The number of nitrogens with one attached hydrogen (secondary N) is 1. The SMILES string of the molecule is NC(=O)N/N=C/c1ccco1.c1cc[c]([Sb][c]2ccccc2)cc1. The molecule has 0 atom stereocenters. The second kappa shape index (κ2) is 10.3. The molecule has 24 heavy (non-hydrogen) atoms. The number of benzene rings is 2. The number of hydrogen-bond donors (Lipinski definition) is 2. The zero-order chi connectivity index (χ0) is 17.0. The molecule has 0 bridgehead atoms. The van der Waals surface area contributed by atoms with Gasteiger partial charge in [-0.05, 0) is 12.1 Å². The van der Waals surface area contributed by atoms with E-state index in [1.165, 1.54) is 19.5 Å². The third kappa shape index (κ3) is 7.16. The van der Waals surface area contributed by atoms with Crippen LogP contribution in [-0.4, -0.2) is 33.9 Å². The predicted molar refractivity (Wildman–Crippen MR) is 96.9 cm³/mol. The molecular formula is C18H17N3O2Sb. The third-order valence-corrected chi connectivity index (χ3v) is 5.86. The zero-order valence-corrected chi connectivity index (χ0v) is 15.4. The summed E-state index contributed by atoms with van der Waals surface area (Å²) in [7, 11) is 0. The van der Waals surface area contributed by atoms with E-state index >= 15 is 0 Å². The van der Waals surface area contributed by atoms with Crippen LogP contribution >= 0.6 is 0 Å². The molecule has 1 radical (unpaired) electrons. The van der Waals surface area contributed by atoms with Gasteiger partial charge >= 0.3 is 95.3 Å².